The van der Waals surface area contributed by atoms with E-state index in [4.69, 9.17) is 0 Å². The minimum atomic E-state index is -0.0263. The lowest BCUT2D eigenvalue weighted by Crippen LogP contribution is -2.03. The number of aromatic nitrogens is 3. The van der Waals surface area contributed by atoms with Crippen molar-refractivity contribution in [2.75, 3.05) is 11.5 Å². The Hall–Kier alpha value is -0.980. The van der Waals surface area contributed by atoms with Crippen LogP contribution >= 0.6 is 23.5 Å². The summed E-state index contributed by atoms with van der Waals surface area (Å²) < 4.78 is 2.12. The summed E-state index contributed by atoms with van der Waals surface area (Å²) in [5.74, 6) is 2.74. The van der Waals surface area contributed by atoms with Gasteiger partial charge in [0, 0.05) is 22.4 Å². The smallest absolute Gasteiger partial charge is 0.191 e. The number of aliphatic hydroxyl groups excluding tert-OH is 1. The third-order valence-corrected chi connectivity index (χ3v) is 6.05. The molecule has 22 heavy (non-hydrogen) atoms. The fourth-order valence-corrected chi connectivity index (χ4v) is 4.31. The molecule has 6 heteroatoms. The Kier molecular flexibility index (Phi) is 5.10. The van der Waals surface area contributed by atoms with E-state index in [2.05, 4.69) is 46.8 Å². The highest BCUT2D eigenvalue weighted by molar-refractivity contribution is 8.02. The molecule has 1 aliphatic carbocycles. The van der Waals surface area contributed by atoms with E-state index in [0.717, 1.165) is 16.7 Å². The Balaban J connectivity index is 1.53. The van der Waals surface area contributed by atoms with Gasteiger partial charge in [-0.2, -0.15) is 0 Å². The molecule has 1 fully saturated rings. The van der Waals surface area contributed by atoms with Crippen molar-refractivity contribution in [1.82, 2.24) is 14.8 Å². The van der Waals surface area contributed by atoms with E-state index in [1.54, 1.807) is 11.8 Å². The van der Waals surface area contributed by atoms with Crippen molar-refractivity contribution in [2.24, 2.45) is 0 Å². The molecule has 0 aliphatic heterocycles. The fourth-order valence-electron chi connectivity index (χ4n) is 2.31. The van der Waals surface area contributed by atoms with E-state index in [9.17, 15) is 5.11 Å². The van der Waals surface area contributed by atoms with Crippen molar-refractivity contribution in [3.05, 3.63) is 35.2 Å². The van der Waals surface area contributed by atoms with Crippen LogP contribution in [0.4, 0.5) is 0 Å². The lowest BCUT2D eigenvalue weighted by Gasteiger charge is -2.07. The lowest BCUT2D eigenvalue weighted by molar-refractivity contribution is 0.263. The van der Waals surface area contributed by atoms with Crippen molar-refractivity contribution in [2.45, 2.75) is 49.4 Å². The second-order valence-electron chi connectivity index (χ2n) is 5.60. The summed E-state index contributed by atoms with van der Waals surface area (Å²) in [7, 11) is 0. The van der Waals surface area contributed by atoms with E-state index in [1.165, 1.54) is 28.9 Å². The zero-order chi connectivity index (χ0) is 15.5. The van der Waals surface area contributed by atoms with Gasteiger partial charge < -0.3 is 9.67 Å². The molecule has 1 aliphatic rings. The summed E-state index contributed by atoms with van der Waals surface area (Å²) in [5, 5.41) is 18.6. The van der Waals surface area contributed by atoms with Gasteiger partial charge in [-0.3, -0.25) is 0 Å². The Morgan fingerprint density at radius 3 is 2.59 bits per heavy atom. The molecule has 118 valence electrons. The summed E-state index contributed by atoms with van der Waals surface area (Å²) >= 11 is 3.61. The first-order chi connectivity index (χ1) is 10.7. The number of rotatable bonds is 7. The predicted octanol–water partition coefficient (Wildman–Crippen LogP) is 3.61. The maximum Gasteiger partial charge on any atom is 0.191 e. The van der Waals surface area contributed by atoms with E-state index >= 15 is 0 Å². The van der Waals surface area contributed by atoms with Gasteiger partial charge in [-0.15, -0.1) is 22.0 Å². The molecule has 0 radical (unpaired) electrons. The average molecular weight is 335 g/mol. The van der Waals surface area contributed by atoms with Crippen molar-refractivity contribution in [1.29, 1.82) is 0 Å². The van der Waals surface area contributed by atoms with Gasteiger partial charge in [0.15, 0.2) is 11.0 Å². The largest absolute Gasteiger partial charge is 0.388 e. The molecule has 0 saturated heterocycles. The van der Waals surface area contributed by atoms with Gasteiger partial charge in [-0.05, 0) is 49.9 Å². The van der Waals surface area contributed by atoms with Crippen LogP contribution in [-0.4, -0.2) is 31.4 Å². The summed E-state index contributed by atoms with van der Waals surface area (Å²) in [6, 6.07) is 7.13. The molecule has 2 aromatic rings. The van der Waals surface area contributed by atoms with E-state index < -0.39 is 0 Å². The van der Waals surface area contributed by atoms with Gasteiger partial charge in [-0.25, -0.2) is 0 Å². The van der Waals surface area contributed by atoms with Crippen LogP contribution in [-0.2, 0) is 6.61 Å². The van der Waals surface area contributed by atoms with Crippen molar-refractivity contribution in [3.8, 4) is 0 Å². The molecule has 1 saturated carbocycles. The number of hydrogen-bond donors (Lipinski definition) is 1. The standard InChI is InChI=1S/C16H21N3OS2/c1-11-3-6-14(9-12(11)2)21-7-8-22-16-18-17-15(10-20)19(16)13-4-5-13/h3,6,9,13,20H,4-5,7-8,10H2,1-2H3. The summed E-state index contributed by atoms with van der Waals surface area (Å²) in [4.78, 5) is 1.32. The molecular formula is C16H21N3OS2. The van der Waals surface area contributed by atoms with Crippen LogP contribution in [0, 0.1) is 13.8 Å². The van der Waals surface area contributed by atoms with Crippen LogP contribution in [0.25, 0.3) is 0 Å². The second-order valence-corrected chi connectivity index (χ2v) is 7.83. The minimum Gasteiger partial charge on any atom is -0.388 e. The van der Waals surface area contributed by atoms with Gasteiger partial charge >= 0.3 is 0 Å². The molecule has 0 atom stereocenters. The minimum absolute atomic E-state index is 0.0263. The average Bonchev–Trinajstić information content (AvgIpc) is 3.27. The van der Waals surface area contributed by atoms with Crippen LogP contribution in [0.3, 0.4) is 0 Å². The van der Waals surface area contributed by atoms with Crippen molar-refractivity contribution in [3.63, 3.8) is 0 Å². The second kappa shape index (κ2) is 7.06. The zero-order valence-electron chi connectivity index (χ0n) is 13.0. The first kappa shape index (κ1) is 15.9. The Morgan fingerprint density at radius 1 is 1.14 bits per heavy atom. The Morgan fingerprint density at radius 2 is 1.91 bits per heavy atom. The monoisotopic (exact) mass is 335 g/mol. The van der Waals surface area contributed by atoms with Gasteiger partial charge in [-0.1, -0.05) is 17.8 Å². The molecule has 1 heterocycles. The lowest BCUT2D eigenvalue weighted by atomic mass is 10.1. The molecule has 0 unspecified atom stereocenters. The molecule has 1 aromatic heterocycles. The quantitative estimate of drug-likeness (QED) is 0.619. The number of aryl methyl sites for hydroxylation is 2. The first-order valence-electron chi connectivity index (χ1n) is 7.56. The number of aliphatic hydroxyl groups is 1. The van der Waals surface area contributed by atoms with Crippen LogP contribution < -0.4 is 0 Å². The van der Waals surface area contributed by atoms with E-state index in [1.807, 2.05) is 11.8 Å². The third-order valence-electron chi connectivity index (χ3n) is 3.85. The van der Waals surface area contributed by atoms with Gasteiger partial charge in [0.05, 0.1) is 0 Å². The molecule has 4 nitrogen and oxygen atoms in total. The fraction of sp³-hybridized carbons (Fsp3) is 0.500. The summed E-state index contributed by atoms with van der Waals surface area (Å²) in [6.07, 6.45) is 2.35. The Bertz CT molecular complexity index is 653. The maximum atomic E-state index is 9.34. The highest BCUT2D eigenvalue weighted by atomic mass is 32.2. The van der Waals surface area contributed by atoms with E-state index in [0.29, 0.717) is 11.9 Å². The summed E-state index contributed by atoms with van der Waals surface area (Å²) in [6.45, 7) is 4.27. The van der Waals surface area contributed by atoms with Gasteiger partial charge in [0.1, 0.15) is 6.61 Å². The van der Waals surface area contributed by atoms with Crippen LogP contribution in [0.15, 0.2) is 28.3 Å². The van der Waals surface area contributed by atoms with Gasteiger partial charge in [0.25, 0.3) is 0 Å². The number of hydrogen-bond acceptors (Lipinski definition) is 5. The Labute approximate surface area is 139 Å². The predicted molar refractivity (Wildman–Crippen MR) is 91.6 cm³/mol. The van der Waals surface area contributed by atoms with Crippen molar-refractivity contribution >= 4 is 23.5 Å². The van der Waals surface area contributed by atoms with Gasteiger partial charge in [0.2, 0.25) is 0 Å². The molecule has 0 spiro atoms. The molecule has 1 N–H and O–H groups in total. The molecule has 0 amide bonds. The molecular weight excluding hydrogens is 314 g/mol. The third kappa shape index (κ3) is 3.67. The maximum absolute atomic E-state index is 9.34. The topological polar surface area (TPSA) is 50.9 Å². The highest BCUT2D eigenvalue weighted by Crippen LogP contribution is 2.38. The first-order valence-corrected chi connectivity index (χ1v) is 9.53. The SMILES string of the molecule is Cc1ccc(SCCSc2nnc(CO)n2C2CC2)cc1C. The molecule has 3 rings (SSSR count). The molecule has 1 aromatic carbocycles. The zero-order valence-corrected chi connectivity index (χ0v) is 14.6. The van der Waals surface area contributed by atoms with Crippen LogP contribution in [0.5, 0.6) is 0 Å². The highest BCUT2D eigenvalue weighted by Gasteiger charge is 2.29. The van der Waals surface area contributed by atoms with E-state index in [-0.39, 0.29) is 6.61 Å². The number of nitrogens with zero attached hydrogens (tertiary/aromatic N) is 3. The number of benzene rings is 1. The number of thioether (sulfide) groups is 2. The molecule has 0 bridgehead atoms. The van der Waals surface area contributed by atoms with Crippen molar-refractivity contribution < 1.29 is 5.11 Å². The van der Waals surface area contributed by atoms with Crippen LogP contribution in [0.1, 0.15) is 35.8 Å². The summed E-state index contributed by atoms with van der Waals surface area (Å²) in [5.41, 5.74) is 2.69. The van der Waals surface area contributed by atoms with Crippen LogP contribution in [0.2, 0.25) is 0 Å². The normalized spacial score (nSPS) is 14.5.